The second-order valence-corrected chi connectivity index (χ2v) is 2.96. The highest BCUT2D eigenvalue weighted by Gasteiger charge is 2.25. The maximum Gasteiger partial charge on any atom is 0.401 e. The Hall–Kier alpha value is -1.23. The van der Waals surface area contributed by atoms with E-state index >= 15 is 0 Å². The summed E-state index contributed by atoms with van der Waals surface area (Å²) in [5, 5.41) is 2.30. The molecule has 1 rings (SSSR count). The molecular formula is C9H11F3N2. The molecule has 0 bridgehead atoms. The van der Waals surface area contributed by atoms with Gasteiger partial charge in [0.25, 0.3) is 0 Å². The number of nitrogen functional groups attached to an aromatic ring is 1. The topological polar surface area (TPSA) is 38.0 Å². The van der Waals surface area contributed by atoms with E-state index in [1.165, 1.54) is 0 Å². The number of hydrogen-bond donors (Lipinski definition) is 2. The fraction of sp³-hybridized carbons (Fsp3) is 0.333. The first-order valence-corrected chi connectivity index (χ1v) is 4.09. The molecule has 0 fully saturated rings. The minimum atomic E-state index is -4.16. The third-order valence-electron chi connectivity index (χ3n) is 1.63. The van der Waals surface area contributed by atoms with Gasteiger partial charge in [-0.2, -0.15) is 13.2 Å². The Morgan fingerprint density at radius 3 is 2.21 bits per heavy atom. The minimum Gasteiger partial charge on any atom is -0.399 e. The van der Waals surface area contributed by atoms with Crippen LogP contribution in [0.5, 0.6) is 0 Å². The number of halogens is 3. The van der Waals surface area contributed by atoms with Gasteiger partial charge in [-0.3, -0.25) is 0 Å². The zero-order valence-corrected chi connectivity index (χ0v) is 7.43. The van der Waals surface area contributed by atoms with Crippen LogP contribution < -0.4 is 11.1 Å². The average Bonchev–Trinajstić information content (AvgIpc) is 2.06. The molecule has 0 saturated heterocycles. The van der Waals surface area contributed by atoms with Crippen molar-refractivity contribution in [2.75, 3.05) is 12.3 Å². The van der Waals surface area contributed by atoms with E-state index < -0.39 is 12.7 Å². The van der Waals surface area contributed by atoms with Gasteiger partial charge in [0, 0.05) is 12.2 Å². The minimum absolute atomic E-state index is 0.194. The smallest absolute Gasteiger partial charge is 0.399 e. The summed E-state index contributed by atoms with van der Waals surface area (Å²) in [7, 11) is 0. The average molecular weight is 204 g/mol. The third kappa shape index (κ3) is 4.13. The number of rotatable bonds is 3. The van der Waals surface area contributed by atoms with E-state index in [0.29, 0.717) is 5.69 Å². The Labute approximate surface area is 79.9 Å². The lowest BCUT2D eigenvalue weighted by atomic mass is 10.2. The molecule has 0 unspecified atom stereocenters. The monoisotopic (exact) mass is 204 g/mol. The third-order valence-corrected chi connectivity index (χ3v) is 1.63. The fourth-order valence-corrected chi connectivity index (χ4v) is 0.984. The second kappa shape index (κ2) is 4.32. The molecule has 0 aliphatic rings. The van der Waals surface area contributed by atoms with E-state index in [9.17, 15) is 13.2 Å². The largest absolute Gasteiger partial charge is 0.401 e. The summed E-state index contributed by atoms with van der Waals surface area (Å²) in [4.78, 5) is 0. The van der Waals surface area contributed by atoms with Gasteiger partial charge in [-0.05, 0) is 17.7 Å². The van der Waals surface area contributed by atoms with Gasteiger partial charge in [0.1, 0.15) is 0 Å². The molecule has 0 radical (unpaired) electrons. The first kappa shape index (κ1) is 10.8. The summed E-state index contributed by atoms with van der Waals surface area (Å²) < 4.78 is 35.2. The molecule has 14 heavy (non-hydrogen) atoms. The lowest BCUT2D eigenvalue weighted by Gasteiger charge is -2.08. The number of alkyl halides is 3. The Morgan fingerprint density at radius 2 is 1.71 bits per heavy atom. The number of hydrogen-bond acceptors (Lipinski definition) is 2. The molecule has 0 heterocycles. The second-order valence-electron chi connectivity index (χ2n) is 2.96. The van der Waals surface area contributed by atoms with E-state index in [0.717, 1.165) is 5.56 Å². The van der Waals surface area contributed by atoms with E-state index in [-0.39, 0.29) is 6.54 Å². The maximum absolute atomic E-state index is 11.7. The van der Waals surface area contributed by atoms with Crippen molar-refractivity contribution in [2.45, 2.75) is 12.7 Å². The van der Waals surface area contributed by atoms with Gasteiger partial charge >= 0.3 is 6.18 Å². The van der Waals surface area contributed by atoms with Crippen molar-refractivity contribution in [1.29, 1.82) is 0 Å². The predicted octanol–water partition coefficient (Wildman–Crippen LogP) is 1.92. The quantitative estimate of drug-likeness (QED) is 0.738. The predicted molar refractivity (Wildman–Crippen MR) is 48.6 cm³/mol. The van der Waals surface area contributed by atoms with Crippen LogP contribution in [0.15, 0.2) is 24.3 Å². The zero-order valence-electron chi connectivity index (χ0n) is 7.43. The van der Waals surface area contributed by atoms with Crippen molar-refractivity contribution in [1.82, 2.24) is 5.32 Å². The SMILES string of the molecule is Nc1ccc(CNCC(F)(F)F)cc1. The summed E-state index contributed by atoms with van der Waals surface area (Å²) in [6.45, 7) is -0.781. The van der Waals surface area contributed by atoms with Gasteiger partial charge in [0.2, 0.25) is 0 Å². The van der Waals surface area contributed by atoms with Crippen molar-refractivity contribution >= 4 is 5.69 Å². The lowest BCUT2D eigenvalue weighted by molar-refractivity contribution is -0.125. The highest BCUT2D eigenvalue weighted by Crippen LogP contribution is 2.12. The molecule has 0 aromatic heterocycles. The van der Waals surface area contributed by atoms with Gasteiger partial charge < -0.3 is 11.1 Å². The first-order valence-electron chi connectivity index (χ1n) is 4.09. The van der Waals surface area contributed by atoms with Crippen LogP contribution in [0, 0.1) is 0 Å². The fourth-order valence-electron chi connectivity index (χ4n) is 0.984. The van der Waals surface area contributed by atoms with E-state index in [2.05, 4.69) is 5.32 Å². The molecular weight excluding hydrogens is 193 g/mol. The first-order chi connectivity index (χ1) is 6.47. The summed E-state index contributed by atoms with van der Waals surface area (Å²) in [5.41, 5.74) is 6.81. The van der Waals surface area contributed by atoms with Gasteiger partial charge in [-0.1, -0.05) is 12.1 Å². The van der Waals surface area contributed by atoms with Crippen molar-refractivity contribution < 1.29 is 13.2 Å². The van der Waals surface area contributed by atoms with Gasteiger partial charge in [-0.15, -0.1) is 0 Å². The van der Waals surface area contributed by atoms with Crippen LogP contribution in [0.1, 0.15) is 5.56 Å². The standard InChI is InChI=1S/C9H11F3N2/c10-9(11,12)6-14-5-7-1-3-8(13)4-2-7/h1-4,14H,5-6,13H2. The van der Waals surface area contributed by atoms with Crippen LogP contribution in [0.4, 0.5) is 18.9 Å². The molecule has 0 aliphatic carbocycles. The molecule has 1 aromatic rings. The van der Waals surface area contributed by atoms with Gasteiger partial charge in [0.05, 0.1) is 6.54 Å². The summed E-state index contributed by atoms with van der Waals surface area (Å²) >= 11 is 0. The highest BCUT2D eigenvalue weighted by molar-refractivity contribution is 5.39. The van der Waals surface area contributed by atoms with Crippen LogP contribution >= 0.6 is 0 Å². The van der Waals surface area contributed by atoms with Gasteiger partial charge in [0.15, 0.2) is 0 Å². The van der Waals surface area contributed by atoms with E-state index in [1.807, 2.05) is 0 Å². The van der Waals surface area contributed by atoms with Gasteiger partial charge in [-0.25, -0.2) is 0 Å². The number of nitrogens with one attached hydrogen (secondary N) is 1. The molecule has 0 atom stereocenters. The van der Waals surface area contributed by atoms with Crippen molar-refractivity contribution in [3.8, 4) is 0 Å². The van der Waals surface area contributed by atoms with E-state index in [4.69, 9.17) is 5.73 Å². The molecule has 1 aromatic carbocycles. The van der Waals surface area contributed by atoms with Crippen LogP contribution in [0.3, 0.4) is 0 Å². The van der Waals surface area contributed by atoms with Crippen molar-refractivity contribution in [3.05, 3.63) is 29.8 Å². The Morgan fingerprint density at radius 1 is 1.14 bits per heavy atom. The Kier molecular flexibility index (Phi) is 3.35. The lowest BCUT2D eigenvalue weighted by Crippen LogP contribution is -2.28. The molecule has 0 aliphatic heterocycles. The molecule has 0 spiro atoms. The molecule has 0 amide bonds. The highest BCUT2D eigenvalue weighted by atomic mass is 19.4. The molecule has 3 N–H and O–H groups in total. The Balaban J connectivity index is 2.35. The number of anilines is 1. The van der Waals surface area contributed by atoms with Crippen LogP contribution in [0.2, 0.25) is 0 Å². The summed E-state index contributed by atoms with van der Waals surface area (Å²) in [6, 6.07) is 6.70. The molecule has 2 nitrogen and oxygen atoms in total. The number of benzene rings is 1. The Bertz CT molecular complexity index is 279. The van der Waals surface area contributed by atoms with Crippen molar-refractivity contribution in [3.63, 3.8) is 0 Å². The van der Waals surface area contributed by atoms with Crippen LogP contribution in [-0.2, 0) is 6.54 Å². The molecule has 78 valence electrons. The van der Waals surface area contributed by atoms with E-state index in [1.54, 1.807) is 24.3 Å². The maximum atomic E-state index is 11.7. The van der Waals surface area contributed by atoms with Crippen LogP contribution in [-0.4, -0.2) is 12.7 Å². The summed E-state index contributed by atoms with van der Waals surface area (Å²) in [6.07, 6.45) is -4.16. The molecule has 5 heteroatoms. The van der Waals surface area contributed by atoms with Crippen LogP contribution in [0.25, 0.3) is 0 Å². The number of nitrogens with two attached hydrogens (primary N) is 1. The summed E-state index contributed by atoms with van der Waals surface area (Å²) in [5.74, 6) is 0. The zero-order chi connectivity index (χ0) is 10.6. The van der Waals surface area contributed by atoms with Crippen molar-refractivity contribution in [2.24, 2.45) is 0 Å². The normalized spacial score (nSPS) is 11.6. The molecule has 0 saturated carbocycles.